The standard InChI is InChI=1S/C29H33NO6/c1-17-13-24(35-19(3)27(31)30-16-21-9-11-22(12-10-21)28(32)33)26-18(2)23(29(34)36-25(26)14-17)15-20-7-5-4-6-8-20/h4-8,13-14,19,21-22H,9-12,15-16H2,1-3H3,(H,30,31)(H,32,33)/t19-,21?,22?/m0/s1. The maximum Gasteiger partial charge on any atom is 0.340 e. The molecule has 0 bridgehead atoms. The van der Waals surface area contributed by atoms with Crippen LogP contribution in [0.4, 0.5) is 0 Å². The number of hydrogen-bond donors (Lipinski definition) is 2. The molecule has 2 aromatic carbocycles. The maximum absolute atomic E-state index is 12.8. The van der Waals surface area contributed by atoms with Gasteiger partial charge in [-0.25, -0.2) is 4.79 Å². The van der Waals surface area contributed by atoms with Gasteiger partial charge >= 0.3 is 11.6 Å². The van der Waals surface area contributed by atoms with Crippen LogP contribution < -0.4 is 15.7 Å². The Morgan fingerprint density at radius 2 is 1.81 bits per heavy atom. The minimum Gasteiger partial charge on any atom is -0.481 e. The van der Waals surface area contributed by atoms with Crippen LogP contribution >= 0.6 is 0 Å². The quantitative estimate of drug-likeness (QED) is 0.440. The molecule has 0 aliphatic heterocycles. The van der Waals surface area contributed by atoms with Gasteiger partial charge in [0.25, 0.3) is 5.91 Å². The fourth-order valence-corrected chi connectivity index (χ4v) is 4.98. The minimum absolute atomic E-state index is 0.232. The van der Waals surface area contributed by atoms with Crippen molar-refractivity contribution in [3.8, 4) is 5.75 Å². The van der Waals surface area contributed by atoms with Crippen molar-refractivity contribution >= 4 is 22.8 Å². The summed E-state index contributed by atoms with van der Waals surface area (Å²) in [7, 11) is 0. The highest BCUT2D eigenvalue weighted by atomic mass is 16.5. The topological polar surface area (TPSA) is 106 Å². The summed E-state index contributed by atoms with van der Waals surface area (Å²) in [6.07, 6.45) is 2.56. The Kier molecular flexibility index (Phi) is 7.77. The van der Waals surface area contributed by atoms with Crippen LogP contribution in [0.2, 0.25) is 0 Å². The van der Waals surface area contributed by atoms with Crippen LogP contribution in [0.3, 0.4) is 0 Å². The molecule has 1 heterocycles. The van der Waals surface area contributed by atoms with E-state index in [9.17, 15) is 14.4 Å². The van der Waals surface area contributed by atoms with Crippen molar-refractivity contribution in [3.63, 3.8) is 0 Å². The van der Waals surface area contributed by atoms with Crippen molar-refractivity contribution < 1.29 is 23.8 Å². The zero-order chi connectivity index (χ0) is 25.8. The summed E-state index contributed by atoms with van der Waals surface area (Å²) in [5.74, 6) is -0.463. The first-order valence-electron chi connectivity index (χ1n) is 12.5. The molecule has 1 aliphatic rings. The number of carboxylic acid groups (broad SMARTS) is 1. The molecule has 7 nitrogen and oxygen atoms in total. The third-order valence-electron chi connectivity index (χ3n) is 7.14. The molecule has 190 valence electrons. The first-order chi connectivity index (χ1) is 17.2. The lowest BCUT2D eigenvalue weighted by atomic mass is 9.82. The van der Waals surface area contributed by atoms with Crippen LogP contribution in [-0.4, -0.2) is 29.6 Å². The van der Waals surface area contributed by atoms with Gasteiger partial charge in [0.05, 0.1) is 11.3 Å². The van der Waals surface area contributed by atoms with Crippen molar-refractivity contribution in [1.29, 1.82) is 0 Å². The molecule has 2 N–H and O–H groups in total. The monoisotopic (exact) mass is 491 g/mol. The number of amides is 1. The molecular weight excluding hydrogens is 458 g/mol. The number of carboxylic acids is 1. The molecule has 0 radical (unpaired) electrons. The van der Waals surface area contributed by atoms with Crippen LogP contribution in [0, 0.1) is 25.7 Å². The fraction of sp³-hybridized carbons (Fsp3) is 0.414. The van der Waals surface area contributed by atoms with E-state index in [1.165, 1.54) is 0 Å². The van der Waals surface area contributed by atoms with Gasteiger partial charge in [-0.15, -0.1) is 0 Å². The zero-order valence-corrected chi connectivity index (χ0v) is 21.0. The summed E-state index contributed by atoms with van der Waals surface area (Å²) in [5.41, 5.74) is 3.28. The number of ether oxygens (including phenoxy) is 1. The molecule has 1 atom stereocenters. The van der Waals surface area contributed by atoms with E-state index in [4.69, 9.17) is 14.3 Å². The largest absolute Gasteiger partial charge is 0.481 e. The van der Waals surface area contributed by atoms with Gasteiger partial charge in [-0.3, -0.25) is 9.59 Å². The number of nitrogens with one attached hydrogen (secondary N) is 1. The average molecular weight is 492 g/mol. The molecule has 1 fully saturated rings. The molecule has 1 amide bonds. The first kappa shape index (κ1) is 25.5. The van der Waals surface area contributed by atoms with Gasteiger partial charge in [-0.05, 0) is 81.2 Å². The first-order valence-corrected chi connectivity index (χ1v) is 12.5. The SMILES string of the molecule is Cc1cc(O[C@@H](C)C(=O)NCC2CCC(C(=O)O)CC2)c2c(C)c(Cc3ccccc3)c(=O)oc2c1. The highest BCUT2D eigenvalue weighted by Gasteiger charge is 2.27. The molecule has 0 saturated heterocycles. The van der Waals surface area contributed by atoms with Gasteiger partial charge in [-0.1, -0.05) is 30.3 Å². The average Bonchev–Trinajstić information content (AvgIpc) is 2.85. The van der Waals surface area contributed by atoms with Gasteiger partial charge in [0.2, 0.25) is 0 Å². The van der Waals surface area contributed by atoms with Crippen molar-refractivity contribution in [2.45, 2.75) is 59.0 Å². The van der Waals surface area contributed by atoms with Gasteiger partial charge in [0.15, 0.2) is 6.10 Å². The van der Waals surface area contributed by atoms with E-state index in [-0.39, 0.29) is 23.4 Å². The van der Waals surface area contributed by atoms with E-state index < -0.39 is 12.1 Å². The molecule has 4 rings (SSSR count). The predicted molar refractivity (Wildman–Crippen MR) is 137 cm³/mol. The second-order valence-corrected chi connectivity index (χ2v) is 9.85. The van der Waals surface area contributed by atoms with Crippen LogP contribution in [0.25, 0.3) is 11.0 Å². The van der Waals surface area contributed by atoms with Gasteiger partial charge < -0.3 is 19.6 Å². The summed E-state index contributed by atoms with van der Waals surface area (Å²) in [5, 5.41) is 12.8. The fourth-order valence-electron chi connectivity index (χ4n) is 4.98. The summed E-state index contributed by atoms with van der Waals surface area (Å²) >= 11 is 0. The molecule has 1 saturated carbocycles. The highest BCUT2D eigenvalue weighted by molar-refractivity contribution is 5.89. The smallest absolute Gasteiger partial charge is 0.340 e. The maximum atomic E-state index is 12.8. The van der Waals surface area contributed by atoms with E-state index in [1.54, 1.807) is 13.0 Å². The number of aliphatic carboxylic acids is 1. The Balaban J connectivity index is 1.50. The van der Waals surface area contributed by atoms with Crippen LogP contribution in [0.5, 0.6) is 5.75 Å². The van der Waals surface area contributed by atoms with Crippen molar-refractivity contribution in [2.75, 3.05) is 6.54 Å². The molecule has 1 aliphatic carbocycles. The van der Waals surface area contributed by atoms with Gasteiger partial charge in [0, 0.05) is 18.5 Å². The minimum atomic E-state index is -0.755. The lowest BCUT2D eigenvalue weighted by molar-refractivity contribution is -0.143. The number of fused-ring (bicyclic) bond motifs is 1. The number of benzene rings is 2. The number of carbonyl (C=O) groups excluding carboxylic acids is 1. The normalized spacial score (nSPS) is 18.5. The molecule has 0 unspecified atom stereocenters. The number of rotatable bonds is 8. The Morgan fingerprint density at radius 3 is 2.47 bits per heavy atom. The summed E-state index contributed by atoms with van der Waals surface area (Å²) in [6, 6.07) is 13.4. The molecule has 36 heavy (non-hydrogen) atoms. The zero-order valence-electron chi connectivity index (χ0n) is 21.0. The van der Waals surface area contributed by atoms with Gasteiger partial charge in [0.1, 0.15) is 11.3 Å². The van der Waals surface area contributed by atoms with Crippen molar-refractivity contribution in [3.05, 3.63) is 75.1 Å². The summed E-state index contributed by atoms with van der Waals surface area (Å²) in [6.45, 7) is 5.97. The molecule has 1 aromatic heterocycles. The Hall–Kier alpha value is -3.61. The van der Waals surface area contributed by atoms with Crippen LogP contribution in [-0.2, 0) is 16.0 Å². The second kappa shape index (κ2) is 11.0. The highest BCUT2D eigenvalue weighted by Crippen LogP contribution is 2.32. The second-order valence-electron chi connectivity index (χ2n) is 9.85. The van der Waals surface area contributed by atoms with Crippen LogP contribution in [0.15, 0.2) is 51.7 Å². The van der Waals surface area contributed by atoms with E-state index in [1.807, 2.05) is 50.2 Å². The van der Waals surface area contributed by atoms with Crippen molar-refractivity contribution in [2.24, 2.45) is 11.8 Å². The van der Waals surface area contributed by atoms with Crippen LogP contribution in [0.1, 0.15) is 54.9 Å². The van der Waals surface area contributed by atoms with E-state index in [0.717, 1.165) is 29.5 Å². The molecule has 3 aromatic rings. The number of carbonyl (C=O) groups is 2. The van der Waals surface area contributed by atoms with E-state index in [2.05, 4.69) is 5.32 Å². The Labute approximate surface area is 210 Å². The summed E-state index contributed by atoms with van der Waals surface area (Å²) in [4.78, 5) is 36.8. The molecular formula is C29H33NO6. The van der Waals surface area contributed by atoms with Crippen molar-refractivity contribution in [1.82, 2.24) is 5.32 Å². The Bertz CT molecular complexity index is 1300. The lowest BCUT2D eigenvalue weighted by Crippen LogP contribution is -2.39. The lowest BCUT2D eigenvalue weighted by Gasteiger charge is -2.26. The Morgan fingerprint density at radius 1 is 1.11 bits per heavy atom. The third kappa shape index (κ3) is 5.78. The van der Waals surface area contributed by atoms with E-state index in [0.29, 0.717) is 48.1 Å². The van der Waals surface area contributed by atoms with E-state index >= 15 is 0 Å². The predicted octanol–water partition coefficient (Wildman–Crippen LogP) is 4.78. The molecule has 0 spiro atoms. The summed E-state index contributed by atoms with van der Waals surface area (Å²) < 4.78 is 11.8. The van der Waals surface area contributed by atoms with Gasteiger partial charge in [-0.2, -0.15) is 0 Å². The number of hydrogen-bond acceptors (Lipinski definition) is 5. The molecule has 7 heteroatoms. The third-order valence-corrected chi connectivity index (χ3v) is 7.14. The number of aryl methyl sites for hydroxylation is 2.